The summed E-state index contributed by atoms with van der Waals surface area (Å²) in [6.45, 7) is 5.18. The number of hydrogen-bond acceptors (Lipinski definition) is 5. The largest absolute Gasteiger partial charge is 0.355 e. The first-order valence-electron chi connectivity index (χ1n) is 7.94. The van der Waals surface area contributed by atoms with Crippen molar-refractivity contribution in [3.8, 4) is 0 Å². The predicted molar refractivity (Wildman–Crippen MR) is 122 cm³/mol. The van der Waals surface area contributed by atoms with Gasteiger partial charge in [-0.1, -0.05) is 17.7 Å². The smallest absolute Gasteiger partial charge is 0.240 e. The molecule has 0 unspecified atom stereocenters. The van der Waals surface area contributed by atoms with E-state index in [0.717, 1.165) is 10.7 Å². The highest BCUT2D eigenvalue weighted by atomic mass is 127. The van der Waals surface area contributed by atoms with E-state index in [9.17, 15) is 8.42 Å². The van der Waals surface area contributed by atoms with Crippen LogP contribution >= 0.6 is 46.9 Å². The van der Waals surface area contributed by atoms with E-state index in [-0.39, 0.29) is 35.4 Å². The Morgan fingerprint density at radius 3 is 2.59 bits per heavy atom. The van der Waals surface area contributed by atoms with Gasteiger partial charge >= 0.3 is 0 Å². The van der Waals surface area contributed by atoms with Crippen LogP contribution in [0.4, 0.5) is 0 Å². The minimum Gasteiger partial charge on any atom is -0.355 e. The highest BCUT2D eigenvalue weighted by molar-refractivity contribution is 14.0. The van der Waals surface area contributed by atoms with Gasteiger partial charge in [-0.2, -0.15) is 0 Å². The van der Waals surface area contributed by atoms with Gasteiger partial charge < -0.3 is 10.6 Å². The number of benzene rings is 1. The second-order valence-corrected chi connectivity index (χ2v) is 8.95. The zero-order valence-corrected chi connectivity index (χ0v) is 20.0. The fourth-order valence-electron chi connectivity index (χ4n) is 2.08. The lowest BCUT2D eigenvalue weighted by Gasteiger charge is -2.12. The van der Waals surface area contributed by atoms with Gasteiger partial charge in [-0.3, -0.25) is 4.99 Å². The number of thiazole rings is 1. The first-order chi connectivity index (χ1) is 12.3. The van der Waals surface area contributed by atoms with Gasteiger partial charge in [-0.15, -0.1) is 35.3 Å². The summed E-state index contributed by atoms with van der Waals surface area (Å²) >= 11 is 7.47. The van der Waals surface area contributed by atoms with Gasteiger partial charge in [0.1, 0.15) is 5.01 Å². The van der Waals surface area contributed by atoms with Gasteiger partial charge in [0.2, 0.25) is 10.0 Å². The third kappa shape index (κ3) is 7.53. The third-order valence-corrected chi connectivity index (χ3v) is 6.29. The molecule has 0 spiro atoms. The van der Waals surface area contributed by atoms with Crippen LogP contribution in [0, 0.1) is 13.8 Å². The van der Waals surface area contributed by atoms with Crippen molar-refractivity contribution < 1.29 is 8.42 Å². The van der Waals surface area contributed by atoms with Crippen molar-refractivity contribution in [3.05, 3.63) is 44.9 Å². The van der Waals surface area contributed by atoms with Crippen molar-refractivity contribution in [3.63, 3.8) is 0 Å². The lowest BCUT2D eigenvalue weighted by molar-refractivity contribution is 0.580. The van der Waals surface area contributed by atoms with E-state index in [2.05, 4.69) is 25.3 Å². The number of rotatable bonds is 7. The number of halogens is 2. The first-order valence-corrected chi connectivity index (χ1v) is 10.6. The van der Waals surface area contributed by atoms with Crippen molar-refractivity contribution in [1.29, 1.82) is 0 Å². The maximum absolute atomic E-state index is 12.2. The summed E-state index contributed by atoms with van der Waals surface area (Å²) in [7, 11) is -1.93. The molecule has 0 fully saturated rings. The van der Waals surface area contributed by atoms with Gasteiger partial charge in [0.15, 0.2) is 5.96 Å². The maximum Gasteiger partial charge on any atom is 0.240 e. The summed E-state index contributed by atoms with van der Waals surface area (Å²) in [6.07, 6.45) is 0. The lowest BCUT2D eigenvalue weighted by Crippen LogP contribution is -2.41. The minimum absolute atomic E-state index is 0. The molecule has 1 aromatic carbocycles. The molecule has 150 valence electrons. The molecule has 2 rings (SSSR count). The highest BCUT2D eigenvalue weighted by Crippen LogP contribution is 2.16. The molecule has 27 heavy (non-hydrogen) atoms. The zero-order chi connectivity index (χ0) is 19.2. The first kappa shape index (κ1) is 24.1. The molecule has 2 aromatic rings. The van der Waals surface area contributed by atoms with Crippen molar-refractivity contribution in [1.82, 2.24) is 20.3 Å². The quantitative estimate of drug-likeness (QED) is 0.216. The average Bonchev–Trinajstić information content (AvgIpc) is 2.92. The van der Waals surface area contributed by atoms with Crippen molar-refractivity contribution in [2.45, 2.75) is 25.3 Å². The SMILES string of the molecule is CN=C(NCCNS(=O)(=O)c1cccc(Cl)c1)NCc1nc(C)c(C)s1.I. The predicted octanol–water partition coefficient (Wildman–Crippen LogP) is 2.67. The standard InChI is InChI=1S/C16H22ClN5O2S2.HI/c1-11-12(2)25-15(22-11)10-20-16(18-3)19-7-8-21-26(23,24)14-6-4-5-13(17)9-14;/h4-6,9,21H,7-8,10H2,1-3H3,(H2,18,19,20);1H. The van der Waals surface area contributed by atoms with Crippen molar-refractivity contribution in [2.75, 3.05) is 20.1 Å². The van der Waals surface area contributed by atoms with E-state index in [0.29, 0.717) is 24.1 Å². The van der Waals surface area contributed by atoms with Crippen LogP contribution in [-0.4, -0.2) is 39.5 Å². The van der Waals surface area contributed by atoms with Gasteiger partial charge in [0.25, 0.3) is 0 Å². The maximum atomic E-state index is 12.2. The molecule has 0 bridgehead atoms. The van der Waals surface area contributed by atoms with Crippen LogP contribution < -0.4 is 15.4 Å². The number of aromatic nitrogens is 1. The second-order valence-electron chi connectivity index (χ2n) is 5.46. The molecule has 7 nitrogen and oxygen atoms in total. The number of hydrogen-bond donors (Lipinski definition) is 3. The monoisotopic (exact) mass is 543 g/mol. The molecule has 1 aromatic heterocycles. The van der Waals surface area contributed by atoms with Crippen LogP contribution in [0.1, 0.15) is 15.6 Å². The Morgan fingerprint density at radius 2 is 2.00 bits per heavy atom. The summed E-state index contributed by atoms with van der Waals surface area (Å²) in [5.74, 6) is 0.581. The Hall–Kier alpha value is -0.950. The molecular formula is C16H23ClIN5O2S2. The van der Waals surface area contributed by atoms with Crippen LogP contribution in [-0.2, 0) is 16.6 Å². The summed E-state index contributed by atoms with van der Waals surface area (Å²) in [5, 5.41) is 7.57. The van der Waals surface area contributed by atoms with Gasteiger partial charge in [0, 0.05) is 30.0 Å². The van der Waals surface area contributed by atoms with E-state index in [1.807, 2.05) is 13.8 Å². The fraction of sp³-hybridized carbons (Fsp3) is 0.375. The van der Waals surface area contributed by atoms with Crippen LogP contribution in [0.25, 0.3) is 0 Å². The molecule has 0 saturated heterocycles. The highest BCUT2D eigenvalue weighted by Gasteiger charge is 2.13. The Morgan fingerprint density at radius 1 is 1.26 bits per heavy atom. The number of nitrogens with one attached hydrogen (secondary N) is 3. The summed E-state index contributed by atoms with van der Waals surface area (Å²) in [4.78, 5) is 9.90. The minimum atomic E-state index is -3.59. The molecule has 0 aliphatic carbocycles. The molecule has 0 saturated carbocycles. The molecule has 0 atom stereocenters. The summed E-state index contributed by atoms with van der Waals surface area (Å²) < 4.78 is 26.9. The van der Waals surface area contributed by atoms with Crippen LogP contribution in [0.5, 0.6) is 0 Å². The number of aliphatic imine (C=N–C) groups is 1. The Balaban J connectivity index is 0.00000364. The zero-order valence-electron chi connectivity index (χ0n) is 15.2. The topological polar surface area (TPSA) is 95.5 Å². The van der Waals surface area contributed by atoms with Crippen LogP contribution in [0.2, 0.25) is 5.02 Å². The third-order valence-electron chi connectivity index (χ3n) is 3.52. The molecule has 3 N–H and O–H groups in total. The molecule has 0 radical (unpaired) electrons. The molecule has 0 aliphatic heterocycles. The van der Waals surface area contributed by atoms with Crippen LogP contribution in [0.3, 0.4) is 0 Å². The van der Waals surface area contributed by atoms with E-state index < -0.39 is 10.0 Å². The van der Waals surface area contributed by atoms with Gasteiger partial charge in [-0.05, 0) is 32.0 Å². The lowest BCUT2D eigenvalue weighted by atomic mass is 10.4. The van der Waals surface area contributed by atoms with Gasteiger partial charge in [0.05, 0.1) is 17.1 Å². The number of sulfonamides is 1. The molecule has 11 heteroatoms. The number of guanidine groups is 1. The second kappa shape index (κ2) is 11.1. The normalized spacial score (nSPS) is 11.8. The summed E-state index contributed by atoms with van der Waals surface area (Å²) in [5.41, 5.74) is 1.03. The molecule has 0 aliphatic rings. The van der Waals surface area contributed by atoms with E-state index in [1.165, 1.54) is 17.0 Å². The van der Waals surface area contributed by atoms with Crippen LogP contribution in [0.15, 0.2) is 34.2 Å². The van der Waals surface area contributed by atoms with E-state index in [1.54, 1.807) is 30.5 Å². The van der Waals surface area contributed by atoms with E-state index >= 15 is 0 Å². The van der Waals surface area contributed by atoms with Gasteiger partial charge in [-0.25, -0.2) is 18.1 Å². The summed E-state index contributed by atoms with van der Waals surface area (Å²) in [6, 6.07) is 6.14. The molecular weight excluding hydrogens is 521 g/mol. The number of aryl methyl sites for hydroxylation is 2. The molecule has 1 heterocycles. The average molecular weight is 544 g/mol. The fourth-order valence-corrected chi connectivity index (χ4v) is 4.28. The number of nitrogens with zero attached hydrogens (tertiary/aromatic N) is 2. The van der Waals surface area contributed by atoms with E-state index in [4.69, 9.17) is 11.6 Å². The Labute approximate surface area is 186 Å². The molecule has 0 amide bonds. The van der Waals surface area contributed by atoms with Crippen molar-refractivity contribution in [2.24, 2.45) is 4.99 Å². The Kier molecular flexibility index (Phi) is 9.95. The van der Waals surface area contributed by atoms with Crippen molar-refractivity contribution >= 4 is 62.9 Å². The Bertz CT molecular complexity index is 867.